The van der Waals surface area contributed by atoms with Crippen LogP contribution in [0.25, 0.3) is 10.2 Å². The number of fused-ring (bicyclic) bond motifs is 3. The summed E-state index contributed by atoms with van der Waals surface area (Å²) in [7, 11) is -1.36. The maximum atomic E-state index is 4.44. The van der Waals surface area contributed by atoms with Crippen molar-refractivity contribution in [3.05, 3.63) is 22.5 Å². The van der Waals surface area contributed by atoms with E-state index in [1.54, 1.807) is 6.33 Å². The zero-order valence-corrected chi connectivity index (χ0v) is 13.5. The van der Waals surface area contributed by atoms with Gasteiger partial charge in [-0.2, -0.15) is 0 Å². The molecule has 3 rings (SSSR count). The van der Waals surface area contributed by atoms with Gasteiger partial charge in [-0.25, -0.2) is 9.97 Å². The first-order valence-corrected chi connectivity index (χ1v) is 11.1. The van der Waals surface area contributed by atoms with Crippen molar-refractivity contribution in [2.24, 2.45) is 0 Å². The summed E-state index contributed by atoms with van der Waals surface area (Å²) < 4.78 is 0. The summed E-state index contributed by atoms with van der Waals surface area (Å²) in [5, 5.41) is 1.24. The molecule has 1 aliphatic carbocycles. The molecule has 0 aromatic carbocycles. The number of aromatic nitrogens is 2. The Morgan fingerprint density at radius 1 is 1.16 bits per heavy atom. The van der Waals surface area contributed by atoms with Crippen LogP contribution in [-0.4, -0.2) is 18.0 Å². The maximum Gasteiger partial charge on any atom is 0.129 e. The third-order valence-electron chi connectivity index (χ3n) is 3.31. The molecule has 0 amide bonds. The van der Waals surface area contributed by atoms with Crippen molar-refractivity contribution in [1.82, 2.24) is 9.97 Å². The third kappa shape index (κ3) is 2.58. The van der Waals surface area contributed by atoms with Gasteiger partial charge in [0.1, 0.15) is 24.9 Å². The van der Waals surface area contributed by atoms with E-state index >= 15 is 0 Å². The van der Waals surface area contributed by atoms with Crippen molar-refractivity contribution in [3.8, 4) is 11.5 Å². The van der Waals surface area contributed by atoms with Crippen molar-refractivity contribution in [2.45, 2.75) is 45.3 Å². The Hall–Kier alpha value is -1.18. The fraction of sp³-hybridized carbons (Fsp3) is 0.467. The second-order valence-electron chi connectivity index (χ2n) is 6.11. The molecule has 0 saturated carbocycles. The molecule has 0 bridgehead atoms. The molecule has 2 aromatic heterocycles. The van der Waals surface area contributed by atoms with Crippen LogP contribution in [-0.2, 0) is 12.8 Å². The van der Waals surface area contributed by atoms with Gasteiger partial charge in [0.15, 0.2) is 0 Å². The fourth-order valence-corrected chi connectivity index (χ4v) is 4.15. The molecule has 0 N–H and O–H groups in total. The molecule has 0 radical (unpaired) electrons. The Bertz CT molecular complexity index is 686. The average molecular weight is 286 g/mol. The van der Waals surface area contributed by atoms with Gasteiger partial charge < -0.3 is 0 Å². The van der Waals surface area contributed by atoms with Crippen molar-refractivity contribution >= 4 is 29.6 Å². The van der Waals surface area contributed by atoms with Crippen LogP contribution >= 0.6 is 11.3 Å². The van der Waals surface area contributed by atoms with Gasteiger partial charge in [-0.05, 0) is 31.2 Å². The largest absolute Gasteiger partial charge is 0.227 e. The molecule has 0 aliphatic heterocycles. The van der Waals surface area contributed by atoms with Gasteiger partial charge in [0.25, 0.3) is 0 Å². The van der Waals surface area contributed by atoms with E-state index in [9.17, 15) is 0 Å². The van der Waals surface area contributed by atoms with Crippen LogP contribution in [0, 0.1) is 11.5 Å². The number of hydrogen-bond acceptors (Lipinski definition) is 3. The first-order valence-electron chi connectivity index (χ1n) is 6.83. The summed E-state index contributed by atoms with van der Waals surface area (Å²) in [6, 6.07) is 0. The van der Waals surface area contributed by atoms with E-state index in [-0.39, 0.29) is 0 Å². The molecule has 0 fully saturated rings. The van der Waals surface area contributed by atoms with E-state index in [1.165, 1.54) is 41.5 Å². The summed E-state index contributed by atoms with van der Waals surface area (Å²) in [6.45, 7) is 6.80. The molecule has 0 unspecified atom stereocenters. The van der Waals surface area contributed by atoms with Gasteiger partial charge in [0.2, 0.25) is 0 Å². The number of thiophene rings is 1. The molecule has 4 heteroatoms. The lowest BCUT2D eigenvalue weighted by atomic mass is 9.96. The molecule has 1 aliphatic rings. The van der Waals surface area contributed by atoms with Gasteiger partial charge >= 0.3 is 0 Å². The topological polar surface area (TPSA) is 25.8 Å². The van der Waals surface area contributed by atoms with Crippen LogP contribution in [0.5, 0.6) is 0 Å². The lowest BCUT2D eigenvalue weighted by Crippen LogP contribution is -2.16. The Morgan fingerprint density at radius 3 is 2.74 bits per heavy atom. The molecule has 0 atom stereocenters. The van der Waals surface area contributed by atoms with E-state index in [1.807, 2.05) is 11.3 Å². The molecular formula is C15H18N2SSi. The van der Waals surface area contributed by atoms with Gasteiger partial charge in [-0.1, -0.05) is 25.6 Å². The van der Waals surface area contributed by atoms with E-state index in [0.29, 0.717) is 0 Å². The Labute approximate surface area is 119 Å². The van der Waals surface area contributed by atoms with E-state index in [0.717, 1.165) is 10.5 Å². The molecule has 19 heavy (non-hydrogen) atoms. The molecule has 0 spiro atoms. The highest BCUT2D eigenvalue weighted by Gasteiger charge is 2.19. The Kier molecular flexibility index (Phi) is 3.20. The third-order valence-corrected chi connectivity index (χ3v) is 5.38. The second-order valence-corrected chi connectivity index (χ2v) is 11.9. The molecule has 2 heterocycles. The van der Waals surface area contributed by atoms with Gasteiger partial charge in [0, 0.05) is 10.3 Å². The van der Waals surface area contributed by atoms with Crippen molar-refractivity contribution in [2.75, 3.05) is 0 Å². The predicted molar refractivity (Wildman–Crippen MR) is 84.3 cm³/mol. The number of rotatable bonds is 0. The highest BCUT2D eigenvalue weighted by atomic mass is 32.1. The van der Waals surface area contributed by atoms with Crippen LogP contribution in [0.1, 0.15) is 29.0 Å². The summed E-state index contributed by atoms with van der Waals surface area (Å²) >= 11 is 1.84. The highest BCUT2D eigenvalue weighted by Crippen LogP contribution is 2.36. The first-order chi connectivity index (χ1) is 9.04. The summed E-state index contributed by atoms with van der Waals surface area (Å²) in [5.74, 6) is 3.33. The highest BCUT2D eigenvalue weighted by molar-refractivity contribution is 7.18. The van der Waals surface area contributed by atoms with E-state index in [2.05, 4.69) is 41.1 Å². The summed E-state index contributed by atoms with van der Waals surface area (Å²) in [4.78, 5) is 11.5. The molecular weight excluding hydrogens is 268 g/mol. The average Bonchev–Trinajstić information content (AvgIpc) is 2.74. The maximum absolute atomic E-state index is 4.44. The van der Waals surface area contributed by atoms with Crippen LogP contribution < -0.4 is 0 Å². The number of nitrogens with zero attached hydrogens (tertiary/aromatic N) is 2. The number of aryl methyl sites for hydroxylation is 2. The monoisotopic (exact) mass is 286 g/mol. The van der Waals surface area contributed by atoms with Crippen LogP contribution in [0.4, 0.5) is 0 Å². The van der Waals surface area contributed by atoms with Crippen LogP contribution in [0.2, 0.25) is 19.6 Å². The van der Waals surface area contributed by atoms with Crippen molar-refractivity contribution < 1.29 is 0 Å². The van der Waals surface area contributed by atoms with E-state index in [4.69, 9.17) is 0 Å². The minimum Gasteiger partial charge on any atom is -0.227 e. The minimum atomic E-state index is -1.36. The lowest BCUT2D eigenvalue weighted by Gasteiger charge is -2.10. The Balaban J connectivity index is 2.19. The summed E-state index contributed by atoms with van der Waals surface area (Å²) in [5.41, 5.74) is 5.86. The standard InChI is InChI=1S/C15H18N2SSi/c1-19(2,3)9-8-12-14-11-6-4-5-7-13(11)18-15(14)17-10-16-12/h10H,4-7H2,1-3H3. The number of hydrogen-bond donors (Lipinski definition) is 0. The smallest absolute Gasteiger partial charge is 0.129 e. The molecule has 2 aromatic rings. The normalized spacial score (nSPS) is 14.9. The van der Waals surface area contributed by atoms with E-state index < -0.39 is 8.07 Å². The van der Waals surface area contributed by atoms with Gasteiger partial charge in [-0.15, -0.1) is 16.9 Å². The van der Waals surface area contributed by atoms with Gasteiger partial charge in [-0.3, -0.25) is 0 Å². The summed E-state index contributed by atoms with van der Waals surface area (Å²) in [6.07, 6.45) is 6.64. The van der Waals surface area contributed by atoms with Crippen LogP contribution in [0.15, 0.2) is 6.33 Å². The Morgan fingerprint density at radius 2 is 1.95 bits per heavy atom. The minimum absolute atomic E-state index is 0.951. The molecule has 0 saturated heterocycles. The van der Waals surface area contributed by atoms with Crippen LogP contribution in [0.3, 0.4) is 0 Å². The van der Waals surface area contributed by atoms with Crippen molar-refractivity contribution in [3.63, 3.8) is 0 Å². The molecule has 98 valence electrons. The quantitative estimate of drug-likeness (QED) is 0.544. The SMILES string of the molecule is C[Si](C)(C)C#Cc1ncnc2sc3c(c12)CCCC3. The molecule has 2 nitrogen and oxygen atoms in total. The predicted octanol–water partition coefficient (Wildman–Crippen LogP) is 3.80. The second kappa shape index (κ2) is 4.73. The first kappa shape index (κ1) is 12.8. The lowest BCUT2D eigenvalue weighted by molar-refractivity contribution is 0.700. The fourth-order valence-electron chi connectivity index (χ4n) is 2.43. The zero-order chi connectivity index (χ0) is 13.5. The van der Waals surface area contributed by atoms with Crippen molar-refractivity contribution in [1.29, 1.82) is 0 Å². The van der Waals surface area contributed by atoms with Gasteiger partial charge in [0.05, 0.1) is 0 Å². The zero-order valence-electron chi connectivity index (χ0n) is 11.7.